The fourth-order valence-electron chi connectivity index (χ4n) is 0.542. The van der Waals surface area contributed by atoms with Gasteiger partial charge in [-0.25, -0.2) is 0 Å². The molecule has 46 valence electrons. The van der Waals surface area contributed by atoms with Gasteiger partial charge in [-0.05, 0) is 11.8 Å². The molecule has 0 aromatic heterocycles. The zero-order valence-electron chi connectivity index (χ0n) is 5.46. The predicted molar refractivity (Wildman–Crippen MR) is 40.8 cm³/mol. The molecule has 10 heavy (non-hydrogen) atoms. The van der Waals surface area contributed by atoms with Gasteiger partial charge >= 0.3 is 0 Å². The Hall–Kier alpha value is -1.40. The number of hydrogen-bond acceptors (Lipinski definition) is 0. The molecule has 0 aromatic rings. The lowest BCUT2D eigenvalue weighted by molar-refractivity contribution is 1.32. The molecule has 0 saturated heterocycles. The van der Waals surface area contributed by atoms with E-state index in [0.29, 0.717) is 11.8 Å². The van der Waals surface area contributed by atoms with Crippen molar-refractivity contribution < 1.29 is 0 Å². The minimum atomic E-state index is 0.432. The van der Waals surface area contributed by atoms with E-state index < -0.39 is 0 Å². The van der Waals surface area contributed by atoms with Gasteiger partial charge in [0.25, 0.3) is 0 Å². The van der Waals surface area contributed by atoms with Crippen molar-refractivity contribution in [2.45, 2.75) is 0 Å². The van der Waals surface area contributed by atoms with Crippen LogP contribution in [-0.4, -0.2) is 0 Å². The first-order chi connectivity index (χ1) is 4.95. The van der Waals surface area contributed by atoms with Crippen LogP contribution in [0, 0.1) is 35.5 Å². The van der Waals surface area contributed by atoms with Crippen molar-refractivity contribution in [1.82, 2.24) is 0 Å². The van der Waals surface area contributed by atoms with E-state index in [1.807, 2.05) is 0 Å². The molecule has 0 radical (unpaired) electrons. The molecule has 0 nitrogen and oxygen atoms in total. The second-order valence-electron chi connectivity index (χ2n) is 2.36. The van der Waals surface area contributed by atoms with Crippen LogP contribution in [0.15, 0.2) is 24.3 Å². The van der Waals surface area contributed by atoms with Gasteiger partial charge in [0, 0.05) is 0 Å². The first-order valence-corrected chi connectivity index (χ1v) is 3.33. The molecule has 0 aliphatic heterocycles. The molecule has 0 N–H and O–H groups in total. The largest absolute Gasteiger partial charge is 0.0773 e. The van der Waals surface area contributed by atoms with E-state index in [1.165, 1.54) is 0 Å². The number of allylic oxidation sites excluding steroid dienone is 4. The maximum Gasteiger partial charge on any atom is 0.0574 e. The fraction of sp³-hybridized carbons (Fsp3) is 0.200. The molecule has 2 aliphatic rings. The lowest BCUT2D eigenvalue weighted by Gasteiger charge is -1.69. The Labute approximate surface area is 60.6 Å². The van der Waals surface area contributed by atoms with E-state index in [0.717, 1.165) is 0 Å². The van der Waals surface area contributed by atoms with E-state index in [4.69, 9.17) is 0 Å². The molecule has 0 atom stereocenters. The Kier molecular flexibility index (Phi) is 1.12. The van der Waals surface area contributed by atoms with Gasteiger partial charge in [0.1, 0.15) is 0 Å². The standard InChI is InChI=1S/C10H6/c1(3-9-5-6-9)2-4-10-7-8-10/h5-10H. The SMILES string of the molecule is C(C#CC1C=C1)#CC1C=C1. The highest BCUT2D eigenvalue weighted by Crippen LogP contribution is 2.13. The summed E-state index contributed by atoms with van der Waals surface area (Å²) in [5.74, 6) is 12.4. The Morgan fingerprint density at radius 3 is 1.40 bits per heavy atom. The predicted octanol–water partition coefficient (Wildman–Crippen LogP) is 1.37. The average molecular weight is 126 g/mol. The zero-order valence-corrected chi connectivity index (χ0v) is 5.46. The van der Waals surface area contributed by atoms with Crippen LogP contribution in [0.2, 0.25) is 0 Å². The molecule has 0 unspecified atom stereocenters. The molecule has 0 aromatic carbocycles. The van der Waals surface area contributed by atoms with Gasteiger partial charge in [0.05, 0.1) is 11.8 Å². The van der Waals surface area contributed by atoms with Gasteiger partial charge in [0.2, 0.25) is 0 Å². The number of rotatable bonds is 0. The molecule has 0 saturated carbocycles. The van der Waals surface area contributed by atoms with Crippen LogP contribution < -0.4 is 0 Å². The van der Waals surface area contributed by atoms with Gasteiger partial charge < -0.3 is 0 Å². The smallest absolute Gasteiger partial charge is 0.0574 e. The van der Waals surface area contributed by atoms with Gasteiger partial charge in [-0.3, -0.25) is 0 Å². The Bertz CT molecular complexity index is 263. The molecule has 2 rings (SSSR count). The van der Waals surface area contributed by atoms with Crippen molar-refractivity contribution in [3.63, 3.8) is 0 Å². The molecular formula is C10H6. The van der Waals surface area contributed by atoms with Crippen LogP contribution in [0.5, 0.6) is 0 Å². The molecule has 0 bridgehead atoms. The van der Waals surface area contributed by atoms with Gasteiger partial charge in [0.15, 0.2) is 0 Å². The minimum absolute atomic E-state index is 0.432. The van der Waals surface area contributed by atoms with Crippen molar-refractivity contribution >= 4 is 0 Å². The van der Waals surface area contributed by atoms with Crippen LogP contribution in [0.25, 0.3) is 0 Å². The average Bonchev–Trinajstić information content (AvgIpc) is 2.77. The van der Waals surface area contributed by atoms with Crippen LogP contribution in [0.3, 0.4) is 0 Å². The Morgan fingerprint density at radius 1 is 0.700 bits per heavy atom. The van der Waals surface area contributed by atoms with Crippen molar-refractivity contribution in [2.24, 2.45) is 11.8 Å². The van der Waals surface area contributed by atoms with Crippen molar-refractivity contribution in [3.8, 4) is 23.7 Å². The second kappa shape index (κ2) is 2.09. The molecule has 0 heterocycles. The van der Waals surface area contributed by atoms with Crippen LogP contribution in [-0.2, 0) is 0 Å². The lowest BCUT2D eigenvalue weighted by Crippen LogP contribution is -1.66. The molecule has 0 fully saturated rings. The molecule has 2 aliphatic carbocycles. The van der Waals surface area contributed by atoms with E-state index in [1.54, 1.807) is 0 Å². The van der Waals surface area contributed by atoms with Crippen LogP contribution in [0.4, 0.5) is 0 Å². The lowest BCUT2D eigenvalue weighted by atomic mass is 10.3. The highest BCUT2D eigenvalue weighted by molar-refractivity contribution is 5.39. The summed E-state index contributed by atoms with van der Waals surface area (Å²) in [6, 6.07) is 0. The highest BCUT2D eigenvalue weighted by atomic mass is 14.1. The first-order valence-electron chi connectivity index (χ1n) is 3.33. The number of hydrogen-bond donors (Lipinski definition) is 0. The second-order valence-corrected chi connectivity index (χ2v) is 2.36. The highest BCUT2D eigenvalue weighted by Gasteiger charge is 2.05. The van der Waals surface area contributed by atoms with Crippen molar-refractivity contribution in [3.05, 3.63) is 24.3 Å². The van der Waals surface area contributed by atoms with E-state index >= 15 is 0 Å². The summed E-state index contributed by atoms with van der Waals surface area (Å²) in [6.45, 7) is 0. The Balaban J connectivity index is 1.81. The van der Waals surface area contributed by atoms with E-state index in [9.17, 15) is 0 Å². The molecular weight excluding hydrogens is 120 g/mol. The van der Waals surface area contributed by atoms with Gasteiger partial charge in [-0.15, -0.1) is 0 Å². The van der Waals surface area contributed by atoms with Crippen LogP contribution >= 0.6 is 0 Å². The summed E-state index contributed by atoms with van der Waals surface area (Å²) in [6.07, 6.45) is 8.24. The Morgan fingerprint density at radius 2 is 1.10 bits per heavy atom. The maximum absolute atomic E-state index is 2.98. The molecule has 0 amide bonds. The summed E-state index contributed by atoms with van der Waals surface area (Å²) >= 11 is 0. The van der Waals surface area contributed by atoms with Crippen molar-refractivity contribution in [1.29, 1.82) is 0 Å². The summed E-state index contributed by atoms with van der Waals surface area (Å²) < 4.78 is 0. The van der Waals surface area contributed by atoms with Crippen LogP contribution in [0.1, 0.15) is 0 Å². The summed E-state index contributed by atoms with van der Waals surface area (Å²) in [4.78, 5) is 0. The maximum atomic E-state index is 2.98. The summed E-state index contributed by atoms with van der Waals surface area (Å²) in [5, 5.41) is 0. The van der Waals surface area contributed by atoms with Gasteiger partial charge in [-0.1, -0.05) is 36.1 Å². The third-order valence-electron chi connectivity index (χ3n) is 1.31. The third-order valence-corrected chi connectivity index (χ3v) is 1.31. The van der Waals surface area contributed by atoms with Crippen molar-refractivity contribution in [2.75, 3.05) is 0 Å². The fourth-order valence-corrected chi connectivity index (χ4v) is 0.542. The summed E-state index contributed by atoms with van der Waals surface area (Å²) in [5.41, 5.74) is 0. The van der Waals surface area contributed by atoms with E-state index in [-0.39, 0.29) is 0 Å². The summed E-state index contributed by atoms with van der Waals surface area (Å²) in [7, 11) is 0. The quantitative estimate of drug-likeness (QED) is 0.339. The van der Waals surface area contributed by atoms with Gasteiger partial charge in [-0.2, -0.15) is 0 Å². The molecule has 0 heteroatoms. The molecule has 0 spiro atoms. The van der Waals surface area contributed by atoms with E-state index in [2.05, 4.69) is 48.0 Å². The monoisotopic (exact) mass is 126 g/mol. The first kappa shape index (κ1) is 5.39. The normalized spacial score (nSPS) is 18.8. The topological polar surface area (TPSA) is 0 Å². The third kappa shape index (κ3) is 1.54. The minimum Gasteiger partial charge on any atom is -0.0773 e. The zero-order chi connectivity index (χ0) is 6.81.